The fourth-order valence-corrected chi connectivity index (χ4v) is 6.85. The Balaban J connectivity index is 2.32. The van der Waals surface area contributed by atoms with Gasteiger partial charge in [0.05, 0.1) is 18.3 Å². The predicted octanol–water partition coefficient (Wildman–Crippen LogP) is 5.88. The lowest BCUT2D eigenvalue weighted by Gasteiger charge is -2.39. The largest absolute Gasteiger partial charge is 0.457 e. The minimum absolute atomic E-state index is 0.0314. The minimum atomic E-state index is -2.57. The molecule has 0 spiro atoms. The molecule has 2 heterocycles. The highest BCUT2D eigenvalue weighted by atomic mass is 28.4. The van der Waals surface area contributed by atoms with Crippen molar-refractivity contribution < 1.29 is 43.5 Å². The molecule has 0 amide bonds. The molecule has 2 aliphatic heterocycles. The second-order valence-electron chi connectivity index (χ2n) is 15.3. The maximum Gasteiger partial charge on any atom is 0.306 e. The van der Waals surface area contributed by atoms with Gasteiger partial charge in [-0.2, -0.15) is 0 Å². The van der Waals surface area contributed by atoms with E-state index in [1.165, 1.54) is 6.92 Å². The number of aliphatic hydroxyl groups excluding tert-OH is 1. The van der Waals surface area contributed by atoms with Gasteiger partial charge >= 0.3 is 11.9 Å². The minimum Gasteiger partial charge on any atom is -0.457 e. The van der Waals surface area contributed by atoms with Crippen LogP contribution in [0.5, 0.6) is 0 Å². The van der Waals surface area contributed by atoms with Gasteiger partial charge in [0.1, 0.15) is 23.9 Å². The maximum absolute atomic E-state index is 13.5. The van der Waals surface area contributed by atoms with Crippen LogP contribution in [0.15, 0.2) is 36.0 Å². The van der Waals surface area contributed by atoms with Crippen molar-refractivity contribution in [1.82, 2.24) is 0 Å². The Hall–Kier alpha value is -1.82. The zero-order valence-corrected chi connectivity index (χ0v) is 31.3. The molecule has 0 radical (unpaired) electrons. The van der Waals surface area contributed by atoms with Gasteiger partial charge in [-0.1, -0.05) is 58.9 Å². The van der Waals surface area contributed by atoms with Gasteiger partial charge in [-0.15, -0.1) is 0 Å². The number of cyclic esters (lactones) is 1. The molecule has 264 valence electrons. The van der Waals surface area contributed by atoms with Crippen LogP contribution in [-0.2, 0) is 28.5 Å². The fourth-order valence-electron chi connectivity index (χ4n) is 6.06. The highest BCUT2D eigenvalue weighted by molar-refractivity contribution is 6.72. The summed E-state index contributed by atoms with van der Waals surface area (Å²) in [5.41, 5.74) is -0.552. The molecule has 0 bridgehead atoms. The number of hydrogen-bond acceptors (Lipinski definition) is 9. The van der Waals surface area contributed by atoms with Crippen molar-refractivity contribution in [1.29, 1.82) is 0 Å². The Labute approximate surface area is 278 Å². The van der Waals surface area contributed by atoms with Gasteiger partial charge in [0.2, 0.25) is 0 Å². The van der Waals surface area contributed by atoms with Crippen molar-refractivity contribution in [2.75, 3.05) is 7.11 Å². The molecule has 3 unspecified atom stereocenters. The number of allylic oxidation sites excluding steroid dienone is 2. The SMILES string of the molecule is CO[C@@H](C)[C@@H](C)[C@H]1O[C@@H]1C(O)C(C)/C=C/C=C(\C)C1OC(=O)C[C@H](CC(C)(C)[Si](C)(C)O)CC[C@@](C)(O)[C@@H](OC(C)=O)/C=C/[C@@H]1C. The van der Waals surface area contributed by atoms with Gasteiger partial charge < -0.3 is 34.0 Å². The molecule has 10 heteroatoms. The lowest BCUT2D eigenvalue weighted by molar-refractivity contribution is -0.156. The number of carbonyl (C=O) groups excluding carboxylic acids is 2. The van der Waals surface area contributed by atoms with Gasteiger partial charge in [0, 0.05) is 38.2 Å². The number of esters is 2. The van der Waals surface area contributed by atoms with Crippen LogP contribution in [0.25, 0.3) is 0 Å². The van der Waals surface area contributed by atoms with Crippen LogP contribution >= 0.6 is 0 Å². The number of epoxide rings is 1. The lowest BCUT2D eigenvalue weighted by atomic mass is 9.83. The van der Waals surface area contributed by atoms with Gasteiger partial charge in [0.15, 0.2) is 8.32 Å². The normalized spacial score (nSPS) is 33.6. The van der Waals surface area contributed by atoms with Crippen LogP contribution in [0, 0.1) is 23.7 Å². The smallest absolute Gasteiger partial charge is 0.306 e. The number of carbonyl (C=O) groups is 2. The van der Waals surface area contributed by atoms with Crippen molar-refractivity contribution >= 4 is 20.3 Å². The number of hydrogen-bond donors (Lipinski definition) is 3. The number of rotatable bonds is 12. The Kier molecular flexibility index (Phi) is 14.5. The molecule has 1 saturated heterocycles. The van der Waals surface area contributed by atoms with E-state index in [1.807, 2.05) is 78.9 Å². The third kappa shape index (κ3) is 11.4. The average Bonchev–Trinajstić information content (AvgIpc) is 3.74. The quantitative estimate of drug-likeness (QED) is 0.0768. The zero-order chi connectivity index (χ0) is 35.2. The second-order valence-corrected chi connectivity index (χ2v) is 19.8. The molecule has 1 fully saturated rings. The molecule has 0 aliphatic carbocycles. The van der Waals surface area contributed by atoms with E-state index in [0.717, 1.165) is 5.57 Å². The van der Waals surface area contributed by atoms with E-state index in [2.05, 4.69) is 6.92 Å². The first-order valence-corrected chi connectivity index (χ1v) is 19.8. The predicted molar refractivity (Wildman–Crippen MR) is 182 cm³/mol. The molecule has 0 aromatic heterocycles. The molecule has 11 atom stereocenters. The van der Waals surface area contributed by atoms with Crippen molar-refractivity contribution in [3.8, 4) is 0 Å². The van der Waals surface area contributed by atoms with E-state index in [4.69, 9.17) is 18.9 Å². The average molecular weight is 667 g/mol. The highest BCUT2D eigenvalue weighted by Crippen LogP contribution is 2.44. The van der Waals surface area contributed by atoms with Crippen LogP contribution in [0.3, 0.4) is 0 Å². The summed E-state index contributed by atoms with van der Waals surface area (Å²) in [5, 5.41) is 22.0. The third-order valence-electron chi connectivity index (χ3n) is 10.5. The van der Waals surface area contributed by atoms with Crippen molar-refractivity contribution in [3.63, 3.8) is 0 Å². The number of methoxy groups -OCH3 is 1. The molecule has 0 saturated carbocycles. The summed E-state index contributed by atoms with van der Waals surface area (Å²) in [7, 11) is -0.897. The van der Waals surface area contributed by atoms with Crippen LogP contribution < -0.4 is 0 Å². The summed E-state index contributed by atoms with van der Waals surface area (Å²) < 4.78 is 22.9. The Morgan fingerprint density at radius 3 is 2.39 bits per heavy atom. The first kappa shape index (κ1) is 40.4. The standard InChI is InChI=1S/C36H62O9Si/c1-22(31(39)34-33(45-34)25(4)26(5)42-10)14-13-15-23(2)32-24(3)16-17-29(43-27(6)37)36(9,40)19-18-28(20-30(38)44-32)21-35(7,8)46(11,12)41/h13-17,22,24-26,28-29,31-34,39-41H,18-21H2,1-12H3/b14-13+,17-16+,23-15+/t22?,24-,25+,26-,28+,29-,31?,32?,33+,34+,36+/m0/s1. The van der Waals surface area contributed by atoms with E-state index in [0.29, 0.717) is 19.3 Å². The van der Waals surface area contributed by atoms with Crippen LogP contribution in [0.1, 0.15) is 88.0 Å². The Bertz CT molecular complexity index is 1110. The molecule has 2 aliphatic rings. The molecule has 0 aromatic carbocycles. The summed E-state index contributed by atoms with van der Waals surface area (Å²) in [6.07, 6.45) is 8.31. The third-order valence-corrected chi connectivity index (χ3v) is 14.0. The van der Waals surface area contributed by atoms with E-state index >= 15 is 0 Å². The first-order chi connectivity index (χ1) is 21.1. The Morgan fingerprint density at radius 1 is 1.20 bits per heavy atom. The molecule has 0 aromatic rings. The van der Waals surface area contributed by atoms with E-state index in [9.17, 15) is 24.6 Å². The van der Waals surface area contributed by atoms with E-state index in [-0.39, 0.29) is 59.4 Å². The summed E-state index contributed by atoms with van der Waals surface area (Å²) in [6, 6.07) is 0. The van der Waals surface area contributed by atoms with Gasteiger partial charge in [-0.05, 0) is 75.7 Å². The number of ether oxygens (including phenoxy) is 4. The maximum atomic E-state index is 13.5. The lowest BCUT2D eigenvalue weighted by Crippen LogP contribution is -2.43. The monoisotopic (exact) mass is 666 g/mol. The molecular formula is C36H62O9Si. The van der Waals surface area contributed by atoms with Crippen LogP contribution in [-0.4, -0.2) is 84.6 Å². The summed E-state index contributed by atoms with van der Waals surface area (Å²) >= 11 is 0. The Morgan fingerprint density at radius 2 is 1.83 bits per heavy atom. The van der Waals surface area contributed by atoms with E-state index < -0.39 is 38.2 Å². The topological polar surface area (TPSA) is 135 Å². The van der Waals surface area contributed by atoms with Crippen molar-refractivity contribution in [3.05, 3.63) is 36.0 Å². The number of aliphatic hydroxyl groups is 2. The van der Waals surface area contributed by atoms with Gasteiger partial charge in [-0.25, -0.2) is 0 Å². The molecule has 46 heavy (non-hydrogen) atoms. The van der Waals surface area contributed by atoms with Crippen molar-refractivity contribution in [2.45, 2.75) is 148 Å². The second kappa shape index (κ2) is 16.5. The van der Waals surface area contributed by atoms with E-state index in [1.54, 1.807) is 20.1 Å². The molecule has 3 N–H and O–H groups in total. The zero-order valence-electron chi connectivity index (χ0n) is 30.3. The fraction of sp³-hybridized carbons (Fsp3) is 0.778. The van der Waals surface area contributed by atoms with Crippen LogP contribution in [0.2, 0.25) is 18.1 Å². The van der Waals surface area contributed by atoms with Crippen LogP contribution in [0.4, 0.5) is 0 Å². The first-order valence-electron chi connectivity index (χ1n) is 16.8. The van der Waals surface area contributed by atoms with Gasteiger partial charge in [-0.3, -0.25) is 9.59 Å². The molecular weight excluding hydrogens is 604 g/mol. The highest BCUT2D eigenvalue weighted by Gasteiger charge is 2.50. The molecule has 2 rings (SSSR count). The van der Waals surface area contributed by atoms with Gasteiger partial charge in [0.25, 0.3) is 0 Å². The molecule has 9 nitrogen and oxygen atoms in total. The summed E-state index contributed by atoms with van der Waals surface area (Å²) in [5.74, 6) is -1.28. The van der Waals surface area contributed by atoms with Crippen molar-refractivity contribution in [2.24, 2.45) is 23.7 Å². The summed E-state index contributed by atoms with van der Waals surface area (Å²) in [4.78, 5) is 36.4. The summed E-state index contributed by atoms with van der Waals surface area (Å²) in [6.45, 7) is 20.6.